The number of nitrogens with one attached hydrogen (secondary N) is 1. The summed E-state index contributed by atoms with van der Waals surface area (Å²) >= 11 is 1.57. The monoisotopic (exact) mass is 226 g/mol. The van der Waals surface area contributed by atoms with Crippen molar-refractivity contribution in [2.75, 3.05) is 13.2 Å². The highest BCUT2D eigenvalue weighted by Crippen LogP contribution is 2.04. The average molecular weight is 226 g/mol. The molecule has 1 aromatic heterocycles. The molecule has 0 atom stereocenters. The van der Waals surface area contributed by atoms with Gasteiger partial charge in [-0.15, -0.1) is 11.3 Å². The zero-order valence-electron chi connectivity index (χ0n) is 8.66. The molecule has 0 aliphatic rings. The fourth-order valence-corrected chi connectivity index (χ4v) is 1.54. The molecule has 1 N–H and O–H groups in total. The number of hydrogen-bond donors (Lipinski definition) is 1. The predicted molar refractivity (Wildman–Crippen MR) is 59.6 cm³/mol. The normalized spacial score (nSPS) is 9.93. The van der Waals surface area contributed by atoms with Gasteiger partial charge in [0.2, 0.25) is 0 Å². The largest absolute Gasteiger partial charge is 0.463 e. The first-order valence-electron chi connectivity index (χ1n) is 4.67. The number of carbonyl (C=O) groups excluding carboxylic acids is 1. The molecule has 82 valence electrons. The van der Waals surface area contributed by atoms with E-state index in [0.717, 1.165) is 4.88 Å². The summed E-state index contributed by atoms with van der Waals surface area (Å²) in [7, 11) is 0. The van der Waals surface area contributed by atoms with Gasteiger partial charge in [0, 0.05) is 29.7 Å². The molecule has 0 unspecified atom stereocenters. The fraction of sp³-hybridized carbons (Fsp3) is 0.400. The Hall–Kier alpha value is -1.20. The molecule has 0 aromatic carbocycles. The number of hydrogen-bond acceptors (Lipinski definition) is 5. The molecule has 1 rings (SSSR count). The second-order valence-electron chi connectivity index (χ2n) is 2.90. The van der Waals surface area contributed by atoms with Crippen LogP contribution in [0.3, 0.4) is 0 Å². The van der Waals surface area contributed by atoms with E-state index in [1.165, 1.54) is 0 Å². The highest BCUT2D eigenvalue weighted by atomic mass is 32.1. The maximum absolute atomic E-state index is 11.2. The first-order chi connectivity index (χ1) is 7.24. The number of rotatable bonds is 6. The van der Waals surface area contributed by atoms with E-state index in [4.69, 9.17) is 4.74 Å². The number of aromatic nitrogens is 1. The topological polar surface area (TPSA) is 51.2 Å². The lowest BCUT2D eigenvalue weighted by Gasteiger charge is -2.05. The summed E-state index contributed by atoms with van der Waals surface area (Å²) in [4.78, 5) is 16.2. The average Bonchev–Trinajstić information content (AvgIpc) is 2.71. The quantitative estimate of drug-likeness (QED) is 0.587. The minimum atomic E-state index is -0.339. The van der Waals surface area contributed by atoms with Crippen molar-refractivity contribution < 1.29 is 9.53 Å². The first-order valence-corrected chi connectivity index (χ1v) is 5.55. The van der Waals surface area contributed by atoms with Crippen LogP contribution in [0, 0.1) is 0 Å². The van der Waals surface area contributed by atoms with Gasteiger partial charge in [-0.3, -0.25) is 4.98 Å². The molecule has 0 amide bonds. The molecular weight excluding hydrogens is 212 g/mol. The van der Waals surface area contributed by atoms with Crippen molar-refractivity contribution in [1.82, 2.24) is 10.3 Å². The number of nitrogens with zero attached hydrogens (tertiary/aromatic N) is 1. The third-order valence-corrected chi connectivity index (χ3v) is 2.46. The van der Waals surface area contributed by atoms with Gasteiger partial charge in [0.15, 0.2) is 0 Å². The molecule has 0 saturated heterocycles. The van der Waals surface area contributed by atoms with Gasteiger partial charge in [0.25, 0.3) is 0 Å². The minimum Gasteiger partial charge on any atom is -0.463 e. The van der Waals surface area contributed by atoms with E-state index in [2.05, 4.69) is 16.9 Å². The Morgan fingerprint density at radius 2 is 2.53 bits per heavy atom. The number of esters is 1. The molecular formula is C10H14N2O2S. The van der Waals surface area contributed by atoms with E-state index in [1.54, 1.807) is 30.0 Å². The molecule has 15 heavy (non-hydrogen) atoms. The summed E-state index contributed by atoms with van der Waals surface area (Å²) in [6.45, 7) is 6.94. The Balaban J connectivity index is 2.20. The maximum Gasteiger partial charge on any atom is 0.334 e. The number of thiazole rings is 1. The fourth-order valence-electron chi connectivity index (χ4n) is 0.971. The van der Waals surface area contributed by atoms with Crippen LogP contribution in [0.2, 0.25) is 0 Å². The van der Waals surface area contributed by atoms with Crippen molar-refractivity contribution in [2.24, 2.45) is 0 Å². The molecule has 0 saturated carbocycles. The lowest BCUT2D eigenvalue weighted by Crippen LogP contribution is -2.21. The smallest absolute Gasteiger partial charge is 0.334 e. The maximum atomic E-state index is 11.2. The van der Waals surface area contributed by atoms with Crippen LogP contribution in [0.4, 0.5) is 0 Å². The molecule has 5 heteroatoms. The highest BCUT2D eigenvalue weighted by molar-refractivity contribution is 7.09. The molecule has 0 spiro atoms. The lowest BCUT2D eigenvalue weighted by atomic mass is 10.3. The van der Waals surface area contributed by atoms with E-state index in [1.807, 2.05) is 0 Å². The highest BCUT2D eigenvalue weighted by Gasteiger charge is 2.06. The first kappa shape index (κ1) is 11.9. The van der Waals surface area contributed by atoms with Crippen molar-refractivity contribution in [2.45, 2.75) is 13.5 Å². The molecule has 1 aromatic rings. The molecule has 0 aliphatic carbocycles. The Bertz CT molecular complexity index is 322. The van der Waals surface area contributed by atoms with Gasteiger partial charge >= 0.3 is 5.97 Å². The van der Waals surface area contributed by atoms with E-state index < -0.39 is 0 Å². The lowest BCUT2D eigenvalue weighted by molar-refractivity contribution is -0.138. The molecule has 0 radical (unpaired) electrons. The Kier molecular flexibility index (Phi) is 5.00. The molecule has 1 heterocycles. The van der Waals surface area contributed by atoms with E-state index in [9.17, 15) is 4.79 Å². The summed E-state index contributed by atoms with van der Waals surface area (Å²) in [5, 5.41) is 3.10. The second kappa shape index (κ2) is 6.31. The predicted octanol–water partition coefficient (Wildman–Crippen LogP) is 1.35. The van der Waals surface area contributed by atoms with Gasteiger partial charge in [0.1, 0.15) is 0 Å². The van der Waals surface area contributed by atoms with Crippen molar-refractivity contribution in [3.05, 3.63) is 28.7 Å². The van der Waals surface area contributed by atoms with E-state index in [-0.39, 0.29) is 5.97 Å². The van der Waals surface area contributed by atoms with Crippen LogP contribution in [-0.4, -0.2) is 24.1 Å². The minimum absolute atomic E-state index is 0.339. The Labute approximate surface area is 93.0 Å². The van der Waals surface area contributed by atoms with Crippen LogP contribution in [0.5, 0.6) is 0 Å². The van der Waals surface area contributed by atoms with Crippen LogP contribution < -0.4 is 5.32 Å². The third-order valence-electron chi connectivity index (χ3n) is 1.69. The summed E-state index contributed by atoms with van der Waals surface area (Å²) in [5.74, 6) is -0.339. The van der Waals surface area contributed by atoms with Crippen LogP contribution in [0.25, 0.3) is 0 Å². The summed E-state index contributed by atoms with van der Waals surface area (Å²) in [6, 6.07) is 0. The van der Waals surface area contributed by atoms with Gasteiger partial charge in [-0.1, -0.05) is 6.58 Å². The van der Waals surface area contributed by atoms with Crippen LogP contribution in [-0.2, 0) is 16.1 Å². The SMILES string of the molecule is C=C(CNCc1cncs1)C(=O)OCC. The van der Waals surface area contributed by atoms with Gasteiger partial charge in [-0.2, -0.15) is 0 Å². The number of carbonyl (C=O) groups is 1. The van der Waals surface area contributed by atoms with Gasteiger partial charge in [0.05, 0.1) is 12.1 Å². The van der Waals surface area contributed by atoms with Crippen molar-refractivity contribution >= 4 is 17.3 Å². The standard InChI is InChI=1S/C10H14N2O2S/c1-3-14-10(13)8(2)4-11-5-9-6-12-7-15-9/h6-7,11H,2-5H2,1H3. The Morgan fingerprint density at radius 3 is 3.13 bits per heavy atom. The van der Waals surface area contributed by atoms with Crippen LogP contribution in [0.15, 0.2) is 23.9 Å². The summed E-state index contributed by atoms with van der Waals surface area (Å²) in [6.07, 6.45) is 1.80. The van der Waals surface area contributed by atoms with Crippen LogP contribution in [0.1, 0.15) is 11.8 Å². The number of ether oxygens (including phenoxy) is 1. The van der Waals surface area contributed by atoms with Gasteiger partial charge in [-0.25, -0.2) is 4.79 Å². The van der Waals surface area contributed by atoms with Gasteiger partial charge < -0.3 is 10.1 Å². The van der Waals surface area contributed by atoms with E-state index in [0.29, 0.717) is 25.3 Å². The second-order valence-corrected chi connectivity index (χ2v) is 3.87. The zero-order valence-corrected chi connectivity index (χ0v) is 9.47. The zero-order chi connectivity index (χ0) is 11.1. The molecule has 0 aliphatic heterocycles. The van der Waals surface area contributed by atoms with Crippen LogP contribution >= 0.6 is 11.3 Å². The summed E-state index contributed by atoms with van der Waals surface area (Å²) < 4.78 is 4.80. The van der Waals surface area contributed by atoms with Crippen molar-refractivity contribution in [3.8, 4) is 0 Å². The summed E-state index contributed by atoms with van der Waals surface area (Å²) in [5.41, 5.74) is 2.22. The van der Waals surface area contributed by atoms with Crippen molar-refractivity contribution in [1.29, 1.82) is 0 Å². The molecule has 0 fully saturated rings. The molecule has 0 bridgehead atoms. The van der Waals surface area contributed by atoms with Crippen molar-refractivity contribution in [3.63, 3.8) is 0 Å². The van der Waals surface area contributed by atoms with Gasteiger partial charge in [-0.05, 0) is 6.92 Å². The Morgan fingerprint density at radius 1 is 1.73 bits per heavy atom. The van der Waals surface area contributed by atoms with E-state index >= 15 is 0 Å². The third kappa shape index (κ3) is 4.22. The molecule has 4 nitrogen and oxygen atoms in total.